The minimum atomic E-state index is 0.119. The Morgan fingerprint density at radius 1 is 0.433 bits per heavy atom. The van der Waals surface area contributed by atoms with Gasteiger partial charge in [-0.25, -0.2) is 0 Å². The number of hydrogen-bond acceptors (Lipinski definition) is 3. The van der Waals surface area contributed by atoms with Crippen LogP contribution in [0, 0.1) is 11.8 Å². The highest BCUT2D eigenvalue weighted by Crippen LogP contribution is 2.58. The Balaban J connectivity index is 0.839. The first-order valence-electron chi connectivity index (χ1n) is 31.6. The van der Waals surface area contributed by atoms with Crippen molar-refractivity contribution in [3.8, 4) is 33.6 Å². The molecule has 0 fully saturated rings. The van der Waals surface area contributed by atoms with Crippen LogP contribution in [-0.2, 0) is 6.42 Å². The Hall–Kier alpha value is -10.6. The van der Waals surface area contributed by atoms with Gasteiger partial charge in [0, 0.05) is 94.8 Å². The largest absolute Gasteiger partial charge is 0.334 e. The summed E-state index contributed by atoms with van der Waals surface area (Å²) in [5, 5.41) is 3.94. The first-order chi connectivity index (χ1) is 44.6. The minimum Gasteiger partial charge on any atom is -0.334 e. The van der Waals surface area contributed by atoms with Crippen molar-refractivity contribution in [3.63, 3.8) is 0 Å². The molecule has 13 aromatic rings. The summed E-state index contributed by atoms with van der Waals surface area (Å²) in [6.45, 7) is 2.32. The molecule has 0 N–H and O–H groups in total. The van der Waals surface area contributed by atoms with Crippen LogP contribution in [0.1, 0.15) is 35.2 Å². The highest BCUT2D eigenvalue weighted by molar-refractivity contribution is 8.00. The predicted molar refractivity (Wildman–Crippen MR) is 381 cm³/mol. The van der Waals surface area contributed by atoms with Gasteiger partial charge in [-0.2, -0.15) is 0 Å². The van der Waals surface area contributed by atoms with Crippen LogP contribution in [0.5, 0.6) is 0 Å². The molecule has 4 nitrogen and oxygen atoms in total. The fourth-order valence-electron chi connectivity index (χ4n) is 14.9. The third-order valence-electron chi connectivity index (χ3n) is 19.1. The van der Waals surface area contributed by atoms with E-state index in [1.165, 1.54) is 110 Å². The summed E-state index contributed by atoms with van der Waals surface area (Å²) in [7, 11) is 0. The first kappa shape index (κ1) is 53.6. The number of thioether (sulfide) groups is 1. The highest BCUT2D eigenvalue weighted by Gasteiger charge is 2.39. The number of nitrogens with zero attached hydrogens (tertiary/aromatic N) is 4. The maximum atomic E-state index is 2.69. The Kier molecular flexibility index (Phi) is 13.4. The second kappa shape index (κ2) is 22.5. The highest BCUT2D eigenvalue weighted by atomic mass is 32.2. The van der Waals surface area contributed by atoms with E-state index in [2.05, 4.69) is 354 Å². The fourth-order valence-corrected chi connectivity index (χ4v) is 16.5. The van der Waals surface area contributed by atoms with E-state index < -0.39 is 0 Å². The summed E-state index contributed by atoms with van der Waals surface area (Å²) in [4.78, 5) is 6.21. The van der Waals surface area contributed by atoms with Crippen LogP contribution in [0.15, 0.2) is 332 Å². The molecule has 5 unspecified atom stereocenters. The average Bonchev–Trinajstić information content (AvgIpc) is 1.60. The molecule has 0 saturated carbocycles. The van der Waals surface area contributed by atoms with Crippen LogP contribution >= 0.6 is 11.8 Å². The summed E-state index contributed by atoms with van der Waals surface area (Å²) >= 11 is 2.05. The second-order valence-corrected chi connectivity index (χ2v) is 25.5. The average molecular weight is 1170 g/mol. The van der Waals surface area contributed by atoms with E-state index in [1.54, 1.807) is 0 Å². The van der Waals surface area contributed by atoms with Crippen molar-refractivity contribution in [1.82, 2.24) is 9.13 Å². The number of anilines is 5. The molecule has 4 aliphatic rings. The lowest BCUT2D eigenvalue weighted by atomic mass is 9.75. The van der Waals surface area contributed by atoms with Crippen molar-refractivity contribution in [2.45, 2.75) is 35.4 Å². The molecular formula is C85H64N4S. The SMILES string of the molecule is CC1C=CC=CC1N(c1ccccc1)c1ccc(-c2ccc3c(c2-c2ccc4c5ccccc5n(-c5ccccc5)c4c2)SC2C=C(c4ccc(N(c5ccccc5)c5ccccc5)cc4)C(C4C=Cc5c(n(-c6ccccc6)c6ccccc56)C4)=CC32)cc1. The lowest BCUT2D eigenvalue weighted by Crippen LogP contribution is -2.35. The summed E-state index contributed by atoms with van der Waals surface area (Å²) in [6.07, 6.45) is 20.2. The Morgan fingerprint density at radius 2 is 0.967 bits per heavy atom. The van der Waals surface area contributed by atoms with Crippen molar-refractivity contribution < 1.29 is 0 Å². The molecule has 17 rings (SSSR count). The standard InChI is InChI=1S/C85H64N4S/c1-57-23-17-20-36-78(57)87(64-28-11-4-12-29-64)68-47-39-58(40-48-68)69-51-52-74-77-55-75(60-43-49-72-70-34-18-21-37-79(70)88(81(72)53-60)65-30-13-5-14-31-65)76(59-41-45-67(46-42-59)86(62-24-7-2-8-25-62)63-26-9-3-10-27-63)56-83(77)90-85(74)84(69)61-44-50-73-71-35-19-22-38-80(71)89(82(73)54-61)66-32-15-6-16-33-66/h2-52,54-57,60,77-78,83H,53H2,1H3. The molecule has 3 heterocycles. The summed E-state index contributed by atoms with van der Waals surface area (Å²) in [5.41, 5.74) is 24.6. The maximum Gasteiger partial charge on any atom is 0.0585 e. The van der Waals surface area contributed by atoms with Gasteiger partial charge in [0.15, 0.2) is 0 Å². The van der Waals surface area contributed by atoms with Crippen LogP contribution in [0.25, 0.3) is 78.0 Å². The van der Waals surface area contributed by atoms with Crippen LogP contribution in [0.3, 0.4) is 0 Å². The van der Waals surface area contributed by atoms with Crippen LogP contribution in [0.2, 0.25) is 0 Å². The first-order valence-corrected chi connectivity index (χ1v) is 32.5. The van der Waals surface area contributed by atoms with Crippen LogP contribution in [-0.4, -0.2) is 20.4 Å². The van der Waals surface area contributed by atoms with Crippen molar-refractivity contribution in [2.24, 2.45) is 11.8 Å². The van der Waals surface area contributed by atoms with E-state index in [-0.39, 0.29) is 23.1 Å². The van der Waals surface area contributed by atoms with E-state index in [9.17, 15) is 0 Å². The Morgan fingerprint density at radius 3 is 1.64 bits per heavy atom. The predicted octanol–water partition coefficient (Wildman–Crippen LogP) is 22.3. The number of para-hydroxylation sites is 7. The zero-order valence-corrected chi connectivity index (χ0v) is 50.8. The molecule has 1 aliphatic heterocycles. The van der Waals surface area contributed by atoms with E-state index in [0.29, 0.717) is 5.92 Å². The molecule has 2 aromatic heterocycles. The summed E-state index contributed by atoms with van der Waals surface area (Å²) in [5.74, 6) is 0.590. The van der Waals surface area contributed by atoms with E-state index in [4.69, 9.17) is 0 Å². The molecule has 5 atom stereocenters. The van der Waals surface area contributed by atoms with Gasteiger partial charge in [0.25, 0.3) is 0 Å². The van der Waals surface area contributed by atoms with Crippen LogP contribution in [0.4, 0.5) is 28.4 Å². The topological polar surface area (TPSA) is 16.3 Å². The van der Waals surface area contributed by atoms with Gasteiger partial charge in [-0.3, -0.25) is 0 Å². The monoisotopic (exact) mass is 1170 g/mol. The van der Waals surface area contributed by atoms with Crippen molar-refractivity contribution in [1.29, 1.82) is 0 Å². The van der Waals surface area contributed by atoms with Crippen molar-refractivity contribution in [2.75, 3.05) is 9.80 Å². The van der Waals surface area contributed by atoms with E-state index in [1.807, 2.05) is 11.8 Å². The normalized spacial score (nSPS) is 18.1. The molecule has 0 amide bonds. The number of hydrogen-bond donors (Lipinski definition) is 0. The molecule has 90 heavy (non-hydrogen) atoms. The smallest absolute Gasteiger partial charge is 0.0585 e. The lowest BCUT2D eigenvalue weighted by molar-refractivity contribution is 0.609. The van der Waals surface area contributed by atoms with Gasteiger partial charge in [0.05, 0.1) is 22.6 Å². The third-order valence-corrected chi connectivity index (χ3v) is 20.5. The molecular weight excluding hydrogens is 1110 g/mol. The van der Waals surface area contributed by atoms with Gasteiger partial charge in [0.1, 0.15) is 0 Å². The van der Waals surface area contributed by atoms with Gasteiger partial charge in [-0.15, -0.1) is 11.8 Å². The molecule has 11 aromatic carbocycles. The number of rotatable bonds is 12. The van der Waals surface area contributed by atoms with Gasteiger partial charge in [0.2, 0.25) is 0 Å². The molecule has 430 valence electrons. The van der Waals surface area contributed by atoms with Gasteiger partial charge >= 0.3 is 0 Å². The van der Waals surface area contributed by atoms with E-state index in [0.717, 1.165) is 29.2 Å². The third kappa shape index (κ3) is 9.22. The maximum absolute atomic E-state index is 2.69. The lowest BCUT2D eigenvalue weighted by Gasteiger charge is -2.36. The number of fused-ring (bicyclic) bond motifs is 9. The molecule has 3 aliphatic carbocycles. The number of aromatic nitrogens is 2. The zero-order chi connectivity index (χ0) is 59.7. The van der Waals surface area contributed by atoms with Crippen molar-refractivity contribution >= 4 is 84.6 Å². The van der Waals surface area contributed by atoms with Crippen molar-refractivity contribution in [3.05, 3.63) is 350 Å². The summed E-state index contributed by atoms with van der Waals surface area (Å²) in [6, 6.07) is 103. The Labute approximate surface area is 530 Å². The quantitative estimate of drug-likeness (QED) is 0.121. The van der Waals surface area contributed by atoms with Gasteiger partial charge in [-0.1, -0.05) is 231 Å². The molecule has 5 heteroatoms. The molecule has 0 bridgehead atoms. The fraction of sp³-hybridized carbons (Fsp3) is 0.0824. The zero-order valence-electron chi connectivity index (χ0n) is 50.0. The summed E-state index contributed by atoms with van der Waals surface area (Å²) < 4.78 is 4.98. The van der Waals surface area contributed by atoms with Gasteiger partial charge in [-0.05, 0) is 154 Å². The molecule has 0 radical (unpaired) electrons. The molecule has 0 spiro atoms. The van der Waals surface area contributed by atoms with Gasteiger partial charge < -0.3 is 18.9 Å². The number of allylic oxidation sites excluding steroid dienone is 6. The van der Waals surface area contributed by atoms with E-state index >= 15 is 0 Å². The molecule has 0 saturated heterocycles. The second-order valence-electron chi connectivity index (χ2n) is 24.3. The number of benzene rings is 11. The minimum absolute atomic E-state index is 0.119. The van der Waals surface area contributed by atoms with Crippen LogP contribution < -0.4 is 9.80 Å². The Bertz CT molecular complexity index is 4980.